The Hall–Kier alpha value is -3.04. The van der Waals surface area contributed by atoms with Crippen molar-refractivity contribution in [1.29, 1.82) is 0 Å². The van der Waals surface area contributed by atoms with Gasteiger partial charge in [0.25, 0.3) is 5.95 Å². The number of aliphatic hydroxyl groups excluding tert-OH is 1. The van der Waals surface area contributed by atoms with Gasteiger partial charge < -0.3 is 9.84 Å². The fourth-order valence-corrected chi connectivity index (χ4v) is 3.43. The van der Waals surface area contributed by atoms with Gasteiger partial charge in [-0.15, -0.1) is 0 Å². The molecule has 0 aromatic heterocycles. The normalized spacial score (nSPS) is 13.9. The van der Waals surface area contributed by atoms with Gasteiger partial charge in [-0.25, -0.2) is 0 Å². The second-order valence-corrected chi connectivity index (χ2v) is 6.81. The van der Waals surface area contributed by atoms with Crippen LogP contribution in [0.2, 0.25) is 0 Å². The van der Waals surface area contributed by atoms with Gasteiger partial charge in [0.1, 0.15) is 0 Å². The molecule has 3 heteroatoms. The summed E-state index contributed by atoms with van der Waals surface area (Å²) in [5.41, 5.74) is 3.55. The Morgan fingerprint density at radius 1 is 0.857 bits per heavy atom. The average molecular weight is 373 g/mol. The van der Waals surface area contributed by atoms with Gasteiger partial charge in [0.15, 0.2) is 0 Å². The van der Waals surface area contributed by atoms with Crippen LogP contribution in [0, 0.1) is 0 Å². The van der Waals surface area contributed by atoms with E-state index in [0.717, 1.165) is 12.1 Å². The molecule has 3 aromatic carbocycles. The van der Waals surface area contributed by atoms with Gasteiger partial charge in [-0.1, -0.05) is 91.0 Å². The third kappa shape index (κ3) is 5.02. The Morgan fingerprint density at radius 2 is 1.36 bits per heavy atom. The summed E-state index contributed by atoms with van der Waals surface area (Å²) < 4.78 is 5.08. The van der Waals surface area contributed by atoms with Crippen LogP contribution >= 0.6 is 0 Å². The van der Waals surface area contributed by atoms with Crippen LogP contribution in [-0.4, -0.2) is 17.1 Å². The molecule has 3 rings (SSSR count). The maximum Gasteiger partial charge on any atom is 0.274 e. The fourth-order valence-electron chi connectivity index (χ4n) is 3.43. The van der Waals surface area contributed by atoms with E-state index >= 15 is 0 Å². The summed E-state index contributed by atoms with van der Waals surface area (Å²) in [4.78, 5) is 2.37. The lowest BCUT2D eigenvalue weighted by Gasteiger charge is -2.35. The molecule has 144 valence electrons. The zero-order valence-electron chi connectivity index (χ0n) is 16.4. The fraction of sp³-hybridized carbons (Fsp3) is 0.200. The predicted molar refractivity (Wildman–Crippen MR) is 114 cm³/mol. The second kappa shape index (κ2) is 9.77. The van der Waals surface area contributed by atoms with Crippen LogP contribution in [0.3, 0.4) is 0 Å². The first kappa shape index (κ1) is 19.7. The minimum absolute atomic E-state index is 0.0767. The van der Waals surface area contributed by atoms with Gasteiger partial charge in [0, 0.05) is 18.7 Å². The van der Waals surface area contributed by atoms with Crippen molar-refractivity contribution in [3.05, 3.63) is 120 Å². The molecular formula is C25H27NO2. The lowest BCUT2D eigenvalue weighted by molar-refractivity contribution is 0.116. The molecule has 0 aliphatic carbocycles. The molecule has 0 heterocycles. The zero-order valence-corrected chi connectivity index (χ0v) is 16.4. The van der Waals surface area contributed by atoms with E-state index in [1.807, 2.05) is 30.3 Å². The van der Waals surface area contributed by atoms with Crippen molar-refractivity contribution in [3.8, 4) is 0 Å². The van der Waals surface area contributed by atoms with Crippen molar-refractivity contribution >= 4 is 0 Å². The van der Waals surface area contributed by atoms with E-state index in [1.54, 1.807) is 6.08 Å². The Labute approximate surface area is 167 Å². The van der Waals surface area contributed by atoms with Crippen LogP contribution in [0.5, 0.6) is 0 Å². The van der Waals surface area contributed by atoms with Gasteiger partial charge in [0.05, 0.1) is 13.2 Å². The number of nitrogens with zero attached hydrogens (tertiary/aromatic N) is 1. The molecule has 0 aliphatic heterocycles. The van der Waals surface area contributed by atoms with E-state index in [2.05, 4.69) is 72.5 Å². The molecule has 3 nitrogen and oxygen atoms in total. The topological polar surface area (TPSA) is 32.7 Å². The first-order valence-electron chi connectivity index (χ1n) is 9.53. The Balaban J connectivity index is 2.05. The summed E-state index contributed by atoms with van der Waals surface area (Å²) >= 11 is 0. The van der Waals surface area contributed by atoms with E-state index in [0.29, 0.717) is 0 Å². The third-order valence-electron chi connectivity index (χ3n) is 5.00. The van der Waals surface area contributed by atoms with Gasteiger partial charge in [-0.3, -0.25) is 4.90 Å². The summed E-state index contributed by atoms with van der Waals surface area (Å²) in [5, 5.41) is 10.2. The van der Waals surface area contributed by atoms with Crippen LogP contribution in [0.15, 0.2) is 103 Å². The maximum absolute atomic E-state index is 10.2. The van der Waals surface area contributed by atoms with Crippen molar-refractivity contribution < 1.29 is 9.84 Å². The quantitative estimate of drug-likeness (QED) is 0.489. The highest BCUT2D eigenvalue weighted by atomic mass is 16.6. The van der Waals surface area contributed by atoms with Crippen LogP contribution in [0.1, 0.15) is 35.7 Å². The molecule has 0 saturated carbocycles. The molecule has 0 saturated heterocycles. The first-order chi connectivity index (χ1) is 13.7. The number of methoxy groups -OCH3 is 1. The molecule has 0 aliphatic rings. The van der Waals surface area contributed by atoms with Crippen molar-refractivity contribution in [2.45, 2.75) is 25.6 Å². The van der Waals surface area contributed by atoms with E-state index < -0.39 is 0 Å². The van der Waals surface area contributed by atoms with E-state index in [9.17, 15) is 5.11 Å². The van der Waals surface area contributed by atoms with Crippen LogP contribution in [0.4, 0.5) is 0 Å². The Bertz CT molecular complexity index is 863. The molecule has 1 N–H and O–H groups in total. The smallest absolute Gasteiger partial charge is 0.274 e. The number of hydrogen-bond acceptors (Lipinski definition) is 3. The number of ether oxygens (including phenoxy) is 1. The molecule has 28 heavy (non-hydrogen) atoms. The summed E-state index contributed by atoms with van der Waals surface area (Å²) in [6.07, 6.45) is 1.78. The SMILES string of the molecule is CO/C(O)=C/[C@@H](c1ccccc1)N(Cc1ccccc1)[C@H](C)c1ccccc1. The lowest BCUT2D eigenvalue weighted by atomic mass is 9.98. The number of benzene rings is 3. The predicted octanol–water partition coefficient (Wildman–Crippen LogP) is 6.04. The minimum atomic E-state index is -0.142. The van der Waals surface area contributed by atoms with Gasteiger partial charge >= 0.3 is 0 Å². The third-order valence-corrected chi connectivity index (χ3v) is 5.00. The molecule has 0 bridgehead atoms. The monoisotopic (exact) mass is 373 g/mol. The lowest BCUT2D eigenvalue weighted by Crippen LogP contribution is -2.30. The van der Waals surface area contributed by atoms with Crippen molar-refractivity contribution in [2.75, 3.05) is 7.11 Å². The van der Waals surface area contributed by atoms with Crippen molar-refractivity contribution in [1.82, 2.24) is 4.90 Å². The molecule has 2 atom stereocenters. The molecule has 0 spiro atoms. The van der Waals surface area contributed by atoms with E-state index in [1.165, 1.54) is 18.2 Å². The van der Waals surface area contributed by atoms with Crippen LogP contribution in [-0.2, 0) is 11.3 Å². The standard InChI is InChI=1S/C25H27NO2/c1-20(22-14-8-4-9-15-22)26(19-21-12-6-3-7-13-21)24(18-25(27)28-2)23-16-10-5-11-17-23/h3-18,20,24,27H,19H2,1-2H3/b25-18+/t20-,24+/m1/s1. The molecule has 0 unspecified atom stereocenters. The molecule has 3 aromatic rings. The Morgan fingerprint density at radius 3 is 1.89 bits per heavy atom. The summed E-state index contributed by atoms with van der Waals surface area (Å²) in [6, 6.07) is 31.0. The summed E-state index contributed by atoms with van der Waals surface area (Å²) in [6.45, 7) is 2.94. The largest absolute Gasteiger partial charge is 0.481 e. The highest BCUT2D eigenvalue weighted by Gasteiger charge is 2.25. The number of aliphatic hydroxyl groups is 1. The van der Waals surface area contributed by atoms with Crippen LogP contribution < -0.4 is 0 Å². The molecule has 0 fully saturated rings. The van der Waals surface area contributed by atoms with Gasteiger partial charge in [-0.2, -0.15) is 0 Å². The maximum atomic E-state index is 10.2. The van der Waals surface area contributed by atoms with E-state index in [4.69, 9.17) is 4.74 Å². The molecule has 0 amide bonds. The molecular weight excluding hydrogens is 346 g/mol. The van der Waals surface area contributed by atoms with Crippen molar-refractivity contribution in [2.24, 2.45) is 0 Å². The second-order valence-electron chi connectivity index (χ2n) is 6.81. The number of rotatable bonds is 8. The van der Waals surface area contributed by atoms with E-state index in [-0.39, 0.29) is 18.0 Å². The highest BCUT2D eigenvalue weighted by Crippen LogP contribution is 2.34. The van der Waals surface area contributed by atoms with Crippen molar-refractivity contribution in [3.63, 3.8) is 0 Å². The van der Waals surface area contributed by atoms with Crippen LogP contribution in [0.25, 0.3) is 0 Å². The number of hydrogen-bond donors (Lipinski definition) is 1. The van der Waals surface area contributed by atoms with Gasteiger partial charge in [-0.05, 0) is 23.6 Å². The summed E-state index contributed by atoms with van der Waals surface area (Å²) in [5.74, 6) is -0.0767. The zero-order chi connectivity index (χ0) is 19.8. The Kier molecular flexibility index (Phi) is 6.88. The minimum Gasteiger partial charge on any atom is -0.481 e. The highest BCUT2D eigenvalue weighted by molar-refractivity contribution is 5.27. The summed E-state index contributed by atoms with van der Waals surface area (Å²) in [7, 11) is 1.48. The average Bonchev–Trinajstić information content (AvgIpc) is 2.77. The first-order valence-corrected chi connectivity index (χ1v) is 9.53. The molecule has 0 radical (unpaired) electrons. The van der Waals surface area contributed by atoms with Gasteiger partial charge in [0.2, 0.25) is 0 Å².